The molecule has 0 fully saturated rings. The van der Waals surface area contributed by atoms with Gasteiger partial charge < -0.3 is 0 Å². The Kier molecular flexibility index (Phi) is 8.47. The van der Waals surface area contributed by atoms with E-state index < -0.39 is 0 Å². The fraction of sp³-hybridized carbons (Fsp3) is 0.281. The first kappa shape index (κ1) is 40.8. The van der Waals surface area contributed by atoms with Gasteiger partial charge in [-0.15, -0.1) is 0 Å². The quantitative estimate of drug-likeness (QED) is 0.156. The summed E-state index contributed by atoms with van der Waals surface area (Å²) in [4.78, 5) is 0. The fourth-order valence-electron chi connectivity index (χ4n) is 11.4. The number of fused-ring (bicyclic) bond motifs is 6. The molecule has 64 heavy (non-hydrogen) atoms. The Balaban J connectivity index is 0.993. The maximum atomic E-state index is 2.53. The minimum Gasteiger partial charge on any atom is -0.0610 e. The third kappa shape index (κ3) is 6.01. The van der Waals surface area contributed by atoms with Gasteiger partial charge >= 0.3 is 0 Å². The first-order valence-corrected chi connectivity index (χ1v) is 23.6. The molecular formula is C64H62. The van der Waals surface area contributed by atoms with Crippen LogP contribution in [0.1, 0.15) is 129 Å². The zero-order valence-corrected chi connectivity index (χ0v) is 40.3. The van der Waals surface area contributed by atoms with E-state index in [0.717, 1.165) is 0 Å². The van der Waals surface area contributed by atoms with Gasteiger partial charge in [-0.3, -0.25) is 0 Å². The third-order valence-corrected chi connectivity index (χ3v) is 15.5. The molecule has 0 N–H and O–H groups in total. The van der Waals surface area contributed by atoms with E-state index in [1.54, 1.807) is 0 Å². The second kappa shape index (κ2) is 13.3. The summed E-state index contributed by atoms with van der Waals surface area (Å²) in [5, 5.41) is 8.01. The van der Waals surface area contributed by atoms with Crippen molar-refractivity contribution in [2.75, 3.05) is 0 Å². The van der Waals surface area contributed by atoms with Crippen LogP contribution in [-0.4, -0.2) is 0 Å². The summed E-state index contributed by atoms with van der Waals surface area (Å²) in [5.74, 6) is 0. The van der Waals surface area contributed by atoms with Crippen molar-refractivity contribution in [1.29, 1.82) is 0 Å². The highest BCUT2D eigenvalue weighted by Gasteiger charge is 2.40. The molecule has 2 aliphatic rings. The van der Waals surface area contributed by atoms with Crippen LogP contribution in [0.25, 0.3) is 88.0 Å². The molecule has 0 saturated carbocycles. The van der Waals surface area contributed by atoms with Crippen LogP contribution in [0.3, 0.4) is 0 Å². The summed E-state index contributed by atoms with van der Waals surface area (Å²) in [6.07, 6.45) is 0. The molecule has 2 aliphatic carbocycles. The van der Waals surface area contributed by atoms with Gasteiger partial charge in [-0.05, 0) is 167 Å². The van der Waals surface area contributed by atoms with Crippen LogP contribution in [0.5, 0.6) is 0 Å². The molecule has 0 aromatic heterocycles. The van der Waals surface area contributed by atoms with Gasteiger partial charge in [0.2, 0.25) is 0 Å². The Bertz CT molecular complexity index is 3390. The summed E-state index contributed by atoms with van der Waals surface area (Å²) in [6.45, 7) is 30.7. The average Bonchev–Trinajstić information content (AvgIpc) is 3.62. The van der Waals surface area contributed by atoms with Crippen molar-refractivity contribution >= 4 is 32.3 Å². The lowest BCUT2D eigenvalue weighted by atomic mass is 9.76. The highest BCUT2D eigenvalue weighted by Crippen LogP contribution is 2.56. The Hall–Kier alpha value is -5.98. The number of hydrogen-bond donors (Lipinski definition) is 0. The molecular weight excluding hydrogens is 769 g/mol. The number of benzene rings is 9. The molecule has 0 heterocycles. The molecule has 318 valence electrons. The van der Waals surface area contributed by atoms with Crippen molar-refractivity contribution in [2.45, 2.75) is 117 Å². The van der Waals surface area contributed by atoms with E-state index in [2.05, 4.69) is 230 Å². The summed E-state index contributed by atoms with van der Waals surface area (Å²) in [5.41, 5.74) is 23.0. The molecule has 0 amide bonds. The molecule has 0 heteroatoms. The van der Waals surface area contributed by atoms with Gasteiger partial charge in [0.25, 0.3) is 0 Å². The first-order chi connectivity index (χ1) is 30.1. The van der Waals surface area contributed by atoms with E-state index in [0.29, 0.717) is 0 Å². The van der Waals surface area contributed by atoms with E-state index in [-0.39, 0.29) is 27.1 Å². The molecule has 0 unspecified atom stereocenters. The molecule has 9 aromatic rings. The number of hydrogen-bond acceptors (Lipinski definition) is 0. The van der Waals surface area contributed by atoms with E-state index in [1.165, 1.54) is 127 Å². The molecule has 0 spiro atoms. The SMILES string of the molecule is CC(C)(C)c1ccc2c(c1)C(C)(C)c1cc(C(C)(C)C)cc(-c3ccc4c(c3)C(C)(C)c3cc(-c5cccc(-c6ccc7ccc8cc(C(C)(C)C)cc9ccc6c7c89)c5)ccc3-4)c1-2. The standard InChI is InChI=1S/C64H62/c1-60(2,3)44-23-28-51-55(35-44)64(12,13)56-36-46(62(7,8)9)34-52(59(51)56)41-21-26-49-48-25-20-39(32-53(48)63(10,11)54(49)33-41)38-15-14-16-40(29-38)47-24-19-37-17-18-42-30-45(61(4,5)6)31-43-22-27-50(47)58(37)57(42)43/h14-36H,1-13H3. The van der Waals surface area contributed by atoms with Gasteiger partial charge in [-0.1, -0.05) is 205 Å². The lowest BCUT2D eigenvalue weighted by Gasteiger charge is -2.28. The van der Waals surface area contributed by atoms with Crippen LogP contribution in [0.15, 0.2) is 140 Å². The molecule has 11 rings (SSSR count). The Labute approximate surface area is 381 Å². The van der Waals surface area contributed by atoms with Crippen molar-refractivity contribution in [2.24, 2.45) is 0 Å². The van der Waals surface area contributed by atoms with E-state index in [9.17, 15) is 0 Å². The van der Waals surface area contributed by atoms with E-state index in [1.807, 2.05) is 0 Å². The van der Waals surface area contributed by atoms with Gasteiger partial charge in [0.15, 0.2) is 0 Å². The van der Waals surface area contributed by atoms with Crippen molar-refractivity contribution in [3.8, 4) is 55.6 Å². The lowest BCUT2D eigenvalue weighted by Crippen LogP contribution is -2.19. The van der Waals surface area contributed by atoms with Crippen LogP contribution >= 0.6 is 0 Å². The molecule has 0 saturated heterocycles. The lowest BCUT2D eigenvalue weighted by molar-refractivity contribution is 0.580. The normalized spacial score (nSPS) is 15.2. The molecule has 0 aliphatic heterocycles. The predicted molar refractivity (Wildman–Crippen MR) is 278 cm³/mol. The minimum absolute atomic E-state index is 0.0155. The Morgan fingerprint density at radius 1 is 0.312 bits per heavy atom. The minimum atomic E-state index is -0.170. The smallest absolute Gasteiger partial charge is 0.0159 e. The zero-order chi connectivity index (χ0) is 45.0. The van der Waals surface area contributed by atoms with Crippen molar-refractivity contribution in [3.05, 3.63) is 178 Å². The molecule has 9 aromatic carbocycles. The molecule has 0 bridgehead atoms. The maximum Gasteiger partial charge on any atom is 0.0159 e. The summed E-state index contributed by atoms with van der Waals surface area (Å²) < 4.78 is 0. The third-order valence-electron chi connectivity index (χ3n) is 15.5. The zero-order valence-electron chi connectivity index (χ0n) is 40.3. The second-order valence-electron chi connectivity index (χ2n) is 23.5. The predicted octanol–water partition coefficient (Wildman–Crippen LogP) is 18.1. The first-order valence-electron chi connectivity index (χ1n) is 23.6. The topological polar surface area (TPSA) is 0 Å². The monoisotopic (exact) mass is 830 g/mol. The van der Waals surface area contributed by atoms with E-state index >= 15 is 0 Å². The van der Waals surface area contributed by atoms with Crippen LogP contribution in [-0.2, 0) is 27.1 Å². The summed E-state index contributed by atoms with van der Waals surface area (Å²) in [6, 6.07) is 54.9. The number of rotatable bonds is 3. The summed E-state index contributed by atoms with van der Waals surface area (Å²) in [7, 11) is 0. The van der Waals surface area contributed by atoms with Crippen LogP contribution < -0.4 is 0 Å². The van der Waals surface area contributed by atoms with Gasteiger partial charge in [0.05, 0.1) is 0 Å². The molecule has 0 atom stereocenters. The van der Waals surface area contributed by atoms with Crippen LogP contribution in [0.4, 0.5) is 0 Å². The highest BCUT2D eigenvalue weighted by atomic mass is 14.4. The van der Waals surface area contributed by atoms with E-state index in [4.69, 9.17) is 0 Å². The maximum absolute atomic E-state index is 2.53. The van der Waals surface area contributed by atoms with Crippen molar-refractivity contribution in [3.63, 3.8) is 0 Å². The Morgan fingerprint density at radius 2 is 0.781 bits per heavy atom. The van der Waals surface area contributed by atoms with Gasteiger partial charge in [0, 0.05) is 10.8 Å². The van der Waals surface area contributed by atoms with Gasteiger partial charge in [-0.25, -0.2) is 0 Å². The van der Waals surface area contributed by atoms with Crippen LogP contribution in [0.2, 0.25) is 0 Å². The fourth-order valence-corrected chi connectivity index (χ4v) is 11.4. The van der Waals surface area contributed by atoms with Gasteiger partial charge in [-0.2, -0.15) is 0 Å². The largest absolute Gasteiger partial charge is 0.0610 e. The van der Waals surface area contributed by atoms with Crippen molar-refractivity contribution in [1.82, 2.24) is 0 Å². The van der Waals surface area contributed by atoms with Gasteiger partial charge in [0.1, 0.15) is 0 Å². The van der Waals surface area contributed by atoms with Crippen LogP contribution in [0, 0.1) is 0 Å². The Morgan fingerprint density at radius 3 is 1.45 bits per heavy atom. The summed E-state index contributed by atoms with van der Waals surface area (Å²) >= 11 is 0. The highest BCUT2D eigenvalue weighted by molar-refractivity contribution is 6.25. The molecule has 0 nitrogen and oxygen atoms in total. The molecule has 0 radical (unpaired) electrons. The second-order valence-corrected chi connectivity index (χ2v) is 23.5. The van der Waals surface area contributed by atoms with Crippen molar-refractivity contribution < 1.29 is 0 Å². The average molecular weight is 831 g/mol.